The summed E-state index contributed by atoms with van der Waals surface area (Å²) in [5.74, 6) is 1.81. The molecule has 0 aliphatic carbocycles. The van der Waals surface area contributed by atoms with Crippen LogP contribution in [0.5, 0.6) is 17.2 Å². The molecule has 194 valence electrons. The summed E-state index contributed by atoms with van der Waals surface area (Å²) >= 11 is 0. The average molecular weight is 512 g/mol. The SMILES string of the molecule is COc1ccc(N2C(=O)C(c3ccc(OCCO)cc3)(c3ccc(OCCO)cc3)c3ccccc32)cc1. The van der Waals surface area contributed by atoms with Crippen molar-refractivity contribution in [3.63, 3.8) is 0 Å². The van der Waals surface area contributed by atoms with Crippen LogP contribution in [0.1, 0.15) is 16.7 Å². The van der Waals surface area contributed by atoms with Crippen LogP contribution in [0.3, 0.4) is 0 Å². The molecule has 0 bridgehead atoms. The molecule has 5 rings (SSSR count). The molecule has 4 aromatic carbocycles. The summed E-state index contributed by atoms with van der Waals surface area (Å²) < 4.78 is 16.5. The van der Waals surface area contributed by atoms with Crippen LogP contribution in [-0.4, -0.2) is 49.7 Å². The maximum atomic E-state index is 14.7. The highest BCUT2D eigenvalue weighted by molar-refractivity contribution is 6.17. The number of fused-ring (bicyclic) bond motifs is 1. The van der Waals surface area contributed by atoms with Crippen LogP contribution in [0, 0.1) is 0 Å². The number of hydrogen-bond donors (Lipinski definition) is 2. The second kappa shape index (κ2) is 11.0. The van der Waals surface area contributed by atoms with Gasteiger partial charge >= 0.3 is 0 Å². The van der Waals surface area contributed by atoms with E-state index in [4.69, 9.17) is 24.4 Å². The first kappa shape index (κ1) is 25.3. The van der Waals surface area contributed by atoms with Gasteiger partial charge in [0.05, 0.1) is 26.0 Å². The van der Waals surface area contributed by atoms with Crippen LogP contribution in [0.25, 0.3) is 0 Å². The minimum atomic E-state index is -1.14. The number of carbonyl (C=O) groups is 1. The topological polar surface area (TPSA) is 88.5 Å². The van der Waals surface area contributed by atoms with E-state index in [1.54, 1.807) is 12.0 Å². The minimum absolute atomic E-state index is 0.0843. The van der Waals surface area contributed by atoms with Gasteiger partial charge in [-0.3, -0.25) is 9.69 Å². The van der Waals surface area contributed by atoms with Gasteiger partial charge in [0.1, 0.15) is 35.9 Å². The van der Waals surface area contributed by atoms with E-state index < -0.39 is 5.41 Å². The summed E-state index contributed by atoms with van der Waals surface area (Å²) in [4.78, 5) is 16.5. The molecule has 4 aromatic rings. The first-order valence-corrected chi connectivity index (χ1v) is 12.4. The van der Waals surface area contributed by atoms with Crippen LogP contribution >= 0.6 is 0 Å². The molecule has 0 aromatic heterocycles. The third-order valence-electron chi connectivity index (χ3n) is 6.70. The number of anilines is 2. The molecule has 1 amide bonds. The average Bonchev–Trinajstić information content (AvgIpc) is 3.24. The molecule has 0 radical (unpaired) electrons. The van der Waals surface area contributed by atoms with E-state index in [0.717, 1.165) is 28.1 Å². The summed E-state index contributed by atoms with van der Waals surface area (Å²) in [6.45, 7) is 0.206. The first-order chi connectivity index (χ1) is 18.6. The zero-order chi connectivity index (χ0) is 26.5. The van der Waals surface area contributed by atoms with Gasteiger partial charge in [0, 0.05) is 11.3 Å². The predicted molar refractivity (Wildman–Crippen MR) is 145 cm³/mol. The normalized spacial score (nSPS) is 13.8. The summed E-state index contributed by atoms with van der Waals surface area (Å²) in [7, 11) is 1.61. The summed E-state index contributed by atoms with van der Waals surface area (Å²) in [5, 5.41) is 18.3. The number of nitrogens with zero attached hydrogens (tertiary/aromatic N) is 1. The lowest BCUT2D eigenvalue weighted by Crippen LogP contribution is -2.40. The minimum Gasteiger partial charge on any atom is -0.497 e. The quantitative estimate of drug-likeness (QED) is 0.327. The Morgan fingerprint density at radius 1 is 0.684 bits per heavy atom. The highest BCUT2D eigenvalue weighted by Gasteiger charge is 2.53. The number of para-hydroxylation sites is 1. The Morgan fingerprint density at radius 3 is 1.68 bits per heavy atom. The van der Waals surface area contributed by atoms with E-state index in [1.807, 2.05) is 97.1 Å². The molecular weight excluding hydrogens is 482 g/mol. The molecule has 0 spiro atoms. The molecule has 0 unspecified atom stereocenters. The van der Waals surface area contributed by atoms with E-state index >= 15 is 0 Å². The second-order valence-corrected chi connectivity index (χ2v) is 8.80. The number of aliphatic hydroxyl groups is 2. The van der Waals surface area contributed by atoms with Gasteiger partial charge in [0.15, 0.2) is 0 Å². The zero-order valence-electron chi connectivity index (χ0n) is 21.0. The van der Waals surface area contributed by atoms with Crippen molar-refractivity contribution in [3.8, 4) is 17.2 Å². The van der Waals surface area contributed by atoms with Gasteiger partial charge in [0.25, 0.3) is 5.91 Å². The van der Waals surface area contributed by atoms with Gasteiger partial charge < -0.3 is 24.4 Å². The summed E-state index contributed by atoms with van der Waals surface area (Å²) in [6, 6.07) is 30.1. The number of amides is 1. The smallest absolute Gasteiger partial charge is 0.251 e. The Morgan fingerprint density at radius 2 is 1.18 bits per heavy atom. The van der Waals surface area contributed by atoms with Crippen molar-refractivity contribution in [1.29, 1.82) is 0 Å². The number of aliphatic hydroxyl groups excluding tert-OH is 2. The highest BCUT2D eigenvalue weighted by Crippen LogP contribution is 2.53. The molecule has 7 heteroatoms. The largest absolute Gasteiger partial charge is 0.497 e. The van der Waals surface area contributed by atoms with Crippen molar-refractivity contribution in [1.82, 2.24) is 0 Å². The van der Waals surface area contributed by atoms with Crippen LogP contribution in [0.15, 0.2) is 97.1 Å². The molecule has 7 nitrogen and oxygen atoms in total. The zero-order valence-corrected chi connectivity index (χ0v) is 21.0. The van der Waals surface area contributed by atoms with Crippen molar-refractivity contribution in [2.75, 3.05) is 38.4 Å². The molecule has 1 heterocycles. The Bertz CT molecular complexity index is 1330. The van der Waals surface area contributed by atoms with Crippen molar-refractivity contribution < 1.29 is 29.2 Å². The number of hydrogen-bond acceptors (Lipinski definition) is 6. The van der Waals surface area contributed by atoms with Crippen LogP contribution in [0.4, 0.5) is 11.4 Å². The predicted octanol–water partition coefficient (Wildman–Crippen LogP) is 4.45. The van der Waals surface area contributed by atoms with Crippen LogP contribution in [-0.2, 0) is 10.2 Å². The van der Waals surface area contributed by atoms with E-state index in [-0.39, 0.29) is 32.3 Å². The van der Waals surface area contributed by atoms with Gasteiger partial charge in [-0.15, -0.1) is 0 Å². The molecule has 0 atom stereocenters. The standard InChI is InChI=1S/C31H29NO6/c1-36-25-16-10-24(11-17-25)32-29-5-3-2-4-28(29)31(30(32)35,22-6-12-26(13-7-22)37-20-18-33)23-8-14-27(15-9-23)38-21-19-34/h2-17,33-34H,18-21H2,1H3. The van der Waals surface area contributed by atoms with E-state index in [1.165, 1.54) is 0 Å². The molecule has 0 saturated carbocycles. The maximum Gasteiger partial charge on any atom is 0.251 e. The lowest BCUT2D eigenvalue weighted by atomic mass is 9.70. The number of ether oxygens (including phenoxy) is 3. The van der Waals surface area contributed by atoms with E-state index in [0.29, 0.717) is 17.2 Å². The fourth-order valence-corrected chi connectivity index (χ4v) is 5.02. The molecule has 1 aliphatic heterocycles. The van der Waals surface area contributed by atoms with Crippen molar-refractivity contribution in [3.05, 3.63) is 114 Å². The third kappa shape index (κ3) is 4.36. The molecule has 2 N–H and O–H groups in total. The Hall–Kier alpha value is -4.33. The fourth-order valence-electron chi connectivity index (χ4n) is 5.02. The van der Waals surface area contributed by atoms with Gasteiger partial charge in [-0.1, -0.05) is 42.5 Å². The number of benzene rings is 4. The van der Waals surface area contributed by atoms with Crippen LogP contribution < -0.4 is 19.1 Å². The molecule has 0 fully saturated rings. The van der Waals surface area contributed by atoms with Gasteiger partial charge in [-0.05, 0) is 65.7 Å². The van der Waals surface area contributed by atoms with E-state index in [9.17, 15) is 4.79 Å². The van der Waals surface area contributed by atoms with Crippen molar-refractivity contribution in [2.45, 2.75) is 5.41 Å². The van der Waals surface area contributed by atoms with E-state index in [2.05, 4.69) is 0 Å². The Kier molecular flexibility index (Phi) is 7.31. The highest BCUT2D eigenvalue weighted by atomic mass is 16.5. The lowest BCUT2D eigenvalue weighted by molar-refractivity contribution is -0.120. The number of carbonyl (C=O) groups excluding carboxylic acids is 1. The van der Waals surface area contributed by atoms with Crippen molar-refractivity contribution >= 4 is 17.3 Å². The monoisotopic (exact) mass is 511 g/mol. The third-order valence-corrected chi connectivity index (χ3v) is 6.70. The van der Waals surface area contributed by atoms with Gasteiger partial charge in [0.2, 0.25) is 0 Å². The summed E-state index contributed by atoms with van der Waals surface area (Å²) in [6.07, 6.45) is 0. The Labute approximate surface area is 221 Å². The maximum absolute atomic E-state index is 14.7. The number of methoxy groups -OCH3 is 1. The molecule has 1 aliphatic rings. The van der Waals surface area contributed by atoms with Gasteiger partial charge in [-0.2, -0.15) is 0 Å². The second-order valence-electron chi connectivity index (χ2n) is 8.80. The first-order valence-electron chi connectivity index (χ1n) is 12.4. The lowest BCUT2D eigenvalue weighted by Gasteiger charge is -2.30. The van der Waals surface area contributed by atoms with Crippen LogP contribution in [0.2, 0.25) is 0 Å². The fraction of sp³-hybridized carbons (Fsp3) is 0.194. The molecule has 38 heavy (non-hydrogen) atoms. The Balaban J connectivity index is 1.69. The molecule has 0 saturated heterocycles. The van der Waals surface area contributed by atoms with Gasteiger partial charge in [-0.25, -0.2) is 0 Å². The molecular formula is C31H29NO6. The summed E-state index contributed by atoms with van der Waals surface area (Å²) in [5.41, 5.74) is 2.81. The van der Waals surface area contributed by atoms with Crippen molar-refractivity contribution in [2.24, 2.45) is 0 Å². The number of rotatable bonds is 10.